The number of alkyl carbamates (subject to hydrolysis) is 1. The molecule has 0 bridgehead atoms. The smallest absolute Gasteiger partial charge is 0.408 e. The van der Waals surface area contributed by atoms with Crippen LogP contribution in [0.3, 0.4) is 0 Å². The molecule has 0 spiro atoms. The van der Waals surface area contributed by atoms with Crippen LogP contribution in [0.5, 0.6) is 0 Å². The van der Waals surface area contributed by atoms with Crippen molar-refractivity contribution in [2.75, 3.05) is 25.0 Å². The minimum atomic E-state index is -1.20. The standard InChI is InChI=1S/C29H40N8O8/c1-29(2,3)45-28(41)36-23(18-44-17-19-8-5-4-6-9-19)25(39)33-16-24(38)35-22(10-7-15-32-27(30)31)26(40)34-20-11-13-21(14-12-20)37(42)43/h4-6,8-9,11-14,22-23H,7,10,15-18H2,1-3H3,(H,33,39)(H,34,40)(H,35,38)(H,36,41)(H4,30,31,32)/t22-,23+/m1/s1. The second kappa shape index (κ2) is 17.8. The van der Waals surface area contributed by atoms with Gasteiger partial charge in [0, 0.05) is 24.4 Å². The Bertz CT molecular complexity index is 1330. The molecule has 0 aliphatic rings. The molecule has 0 radical (unpaired) electrons. The number of ether oxygens (including phenoxy) is 2. The molecule has 0 aliphatic carbocycles. The van der Waals surface area contributed by atoms with Crippen LogP contribution in [0.1, 0.15) is 39.2 Å². The van der Waals surface area contributed by atoms with Crippen LogP contribution in [-0.4, -0.2) is 72.1 Å². The molecular formula is C29H40N8O8. The number of carbonyl (C=O) groups is 4. The second-order valence-corrected chi connectivity index (χ2v) is 10.8. The maximum Gasteiger partial charge on any atom is 0.408 e. The van der Waals surface area contributed by atoms with Gasteiger partial charge in [0.1, 0.15) is 17.7 Å². The number of nitro benzene ring substituents is 1. The normalized spacial score (nSPS) is 12.2. The first-order chi connectivity index (χ1) is 21.2. The highest BCUT2D eigenvalue weighted by Gasteiger charge is 2.26. The number of guanidine groups is 1. The summed E-state index contributed by atoms with van der Waals surface area (Å²) in [7, 11) is 0. The molecule has 244 valence electrons. The Morgan fingerprint density at radius 1 is 0.956 bits per heavy atom. The van der Waals surface area contributed by atoms with Crippen molar-refractivity contribution < 1.29 is 33.6 Å². The highest BCUT2D eigenvalue weighted by atomic mass is 16.6. The average Bonchev–Trinajstić information content (AvgIpc) is 2.96. The third-order valence-electron chi connectivity index (χ3n) is 5.77. The van der Waals surface area contributed by atoms with Crippen molar-refractivity contribution in [1.82, 2.24) is 16.0 Å². The fourth-order valence-electron chi connectivity index (χ4n) is 3.71. The monoisotopic (exact) mass is 628 g/mol. The first-order valence-corrected chi connectivity index (χ1v) is 14.0. The number of benzene rings is 2. The molecule has 2 rings (SSSR count). The van der Waals surface area contributed by atoms with Crippen molar-refractivity contribution in [1.29, 1.82) is 0 Å². The summed E-state index contributed by atoms with van der Waals surface area (Å²) in [5.41, 5.74) is 10.8. The average molecular weight is 629 g/mol. The lowest BCUT2D eigenvalue weighted by molar-refractivity contribution is -0.384. The topological polar surface area (TPSA) is 242 Å². The summed E-state index contributed by atoms with van der Waals surface area (Å²) in [5, 5.41) is 21.0. The van der Waals surface area contributed by atoms with Crippen molar-refractivity contribution in [3.63, 3.8) is 0 Å². The van der Waals surface area contributed by atoms with Crippen molar-refractivity contribution in [3.05, 3.63) is 70.3 Å². The van der Waals surface area contributed by atoms with Gasteiger partial charge in [0.25, 0.3) is 5.69 Å². The molecule has 0 saturated heterocycles. The number of anilines is 1. The Morgan fingerprint density at radius 3 is 2.22 bits per heavy atom. The van der Waals surface area contributed by atoms with Gasteiger partial charge in [0.15, 0.2) is 5.96 Å². The van der Waals surface area contributed by atoms with E-state index in [2.05, 4.69) is 26.3 Å². The summed E-state index contributed by atoms with van der Waals surface area (Å²) >= 11 is 0. The SMILES string of the molecule is CC(C)(C)OC(=O)N[C@@H](COCc1ccccc1)C(=O)NCC(=O)N[C@H](CCCN=C(N)N)C(=O)Nc1ccc([N+](=O)[O-])cc1. The van der Waals surface area contributed by atoms with Gasteiger partial charge in [-0.25, -0.2) is 4.79 Å². The molecule has 0 fully saturated rings. The minimum Gasteiger partial charge on any atom is -0.444 e. The number of nitrogens with two attached hydrogens (primary N) is 2. The van der Waals surface area contributed by atoms with Gasteiger partial charge < -0.3 is 42.2 Å². The number of aliphatic imine (C=N–C) groups is 1. The molecule has 0 saturated carbocycles. The van der Waals surface area contributed by atoms with Gasteiger partial charge in [0.05, 0.1) is 24.7 Å². The van der Waals surface area contributed by atoms with E-state index in [1.54, 1.807) is 20.8 Å². The van der Waals surface area contributed by atoms with Crippen LogP contribution in [0.2, 0.25) is 0 Å². The van der Waals surface area contributed by atoms with Gasteiger partial charge in [0.2, 0.25) is 17.7 Å². The van der Waals surface area contributed by atoms with Crippen LogP contribution >= 0.6 is 0 Å². The van der Waals surface area contributed by atoms with E-state index in [0.717, 1.165) is 5.56 Å². The van der Waals surface area contributed by atoms with Crippen LogP contribution in [-0.2, 0) is 30.5 Å². The van der Waals surface area contributed by atoms with Crippen LogP contribution in [0.25, 0.3) is 0 Å². The predicted molar refractivity (Wildman–Crippen MR) is 166 cm³/mol. The molecule has 45 heavy (non-hydrogen) atoms. The third kappa shape index (κ3) is 14.7. The molecule has 4 amide bonds. The molecule has 0 aromatic heterocycles. The van der Waals surface area contributed by atoms with Gasteiger partial charge in [-0.2, -0.15) is 0 Å². The van der Waals surface area contributed by atoms with Crippen molar-refractivity contribution in [2.45, 2.75) is 57.9 Å². The Hall–Kier alpha value is -5.25. The number of nitrogens with zero attached hydrogens (tertiary/aromatic N) is 2. The Kier molecular flexibility index (Phi) is 14.2. The quantitative estimate of drug-likeness (QED) is 0.0511. The largest absolute Gasteiger partial charge is 0.444 e. The van der Waals surface area contributed by atoms with Crippen molar-refractivity contribution >= 4 is 41.1 Å². The molecule has 0 heterocycles. The number of nitrogens with one attached hydrogen (secondary N) is 4. The summed E-state index contributed by atoms with van der Waals surface area (Å²) in [6.45, 7) is 4.63. The van der Waals surface area contributed by atoms with Crippen LogP contribution in [0.15, 0.2) is 59.6 Å². The van der Waals surface area contributed by atoms with Crippen molar-refractivity contribution in [2.24, 2.45) is 16.5 Å². The summed E-state index contributed by atoms with van der Waals surface area (Å²) in [5.74, 6) is -2.15. The summed E-state index contributed by atoms with van der Waals surface area (Å²) < 4.78 is 10.9. The number of hydrogen-bond acceptors (Lipinski definition) is 9. The zero-order valence-corrected chi connectivity index (χ0v) is 25.4. The van der Waals surface area contributed by atoms with Crippen LogP contribution < -0.4 is 32.7 Å². The highest BCUT2D eigenvalue weighted by Crippen LogP contribution is 2.16. The summed E-state index contributed by atoms with van der Waals surface area (Å²) in [4.78, 5) is 65.4. The lowest BCUT2D eigenvalue weighted by atomic mass is 10.1. The Balaban J connectivity index is 2.03. The number of rotatable bonds is 16. The van der Waals surface area contributed by atoms with E-state index in [1.807, 2.05) is 30.3 Å². The predicted octanol–water partition coefficient (Wildman–Crippen LogP) is 1.30. The van der Waals surface area contributed by atoms with E-state index in [0.29, 0.717) is 6.42 Å². The Morgan fingerprint density at radius 2 is 1.62 bits per heavy atom. The molecule has 0 aliphatic heterocycles. The van der Waals surface area contributed by atoms with Crippen LogP contribution in [0, 0.1) is 10.1 Å². The van der Waals surface area contributed by atoms with E-state index < -0.39 is 53.0 Å². The molecule has 8 N–H and O–H groups in total. The fraction of sp³-hybridized carbons (Fsp3) is 0.414. The van der Waals surface area contributed by atoms with E-state index in [-0.39, 0.29) is 43.5 Å². The molecule has 2 atom stereocenters. The molecule has 2 aromatic carbocycles. The Labute approximate surface area is 260 Å². The number of amides is 4. The number of non-ortho nitro benzene ring substituents is 1. The van der Waals surface area contributed by atoms with Crippen LogP contribution in [0.4, 0.5) is 16.2 Å². The maximum absolute atomic E-state index is 13.0. The van der Waals surface area contributed by atoms with E-state index in [4.69, 9.17) is 20.9 Å². The van der Waals surface area contributed by atoms with Gasteiger partial charge in [-0.3, -0.25) is 29.5 Å². The fourth-order valence-corrected chi connectivity index (χ4v) is 3.71. The second-order valence-electron chi connectivity index (χ2n) is 10.8. The molecular weight excluding hydrogens is 588 g/mol. The molecule has 16 heteroatoms. The van der Waals surface area contributed by atoms with E-state index >= 15 is 0 Å². The maximum atomic E-state index is 13.0. The lowest BCUT2D eigenvalue weighted by Crippen LogP contribution is -2.53. The van der Waals surface area contributed by atoms with Gasteiger partial charge in [-0.15, -0.1) is 0 Å². The van der Waals surface area contributed by atoms with Crippen molar-refractivity contribution in [3.8, 4) is 0 Å². The highest BCUT2D eigenvalue weighted by molar-refractivity contribution is 5.98. The molecule has 2 aromatic rings. The lowest BCUT2D eigenvalue weighted by Gasteiger charge is -2.23. The molecule has 16 nitrogen and oxygen atoms in total. The zero-order valence-electron chi connectivity index (χ0n) is 25.4. The summed E-state index contributed by atoms with van der Waals surface area (Å²) in [6, 6.07) is 12.1. The number of hydrogen-bond donors (Lipinski definition) is 6. The van der Waals surface area contributed by atoms with Gasteiger partial charge in [-0.1, -0.05) is 30.3 Å². The zero-order chi connectivity index (χ0) is 33.4. The van der Waals surface area contributed by atoms with Gasteiger partial charge >= 0.3 is 6.09 Å². The first-order valence-electron chi connectivity index (χ1n) is 14.0. The first kappa shape index (κ1) is 35.9. The number of carbonyl (C=O) groups excluding carboxylic acids is 4. The number of nitro groups is 1. The third-order valence-corrected chi connectivity index (χ3v) is 5.77. The van der Waals surface area contributed by atoms with E-state index in [9.17, 15) is 29.3 Å². The van der Waals surface area contributed by atoms with E-state index in [1.165, 1.54) is 24.3 Å². The minimum absolute atomic E-state index is 0.129. The summed E-state index contributed by atoms with van der Waals surface area (Å²) in [6.07, 6.45) is -0.395. The van der Waals surface area contributed by atoms with Gasteiger partial charge in [-0.05, 0) is 51.3 Å². The molecule has 0 unspecified atom stereocenters.